The Morgan fingerprint density at radius 1 is 1.03 bits per heavy atom. The molecule has 184 valence electrons. The zero-order chi connectivity index (χ0) is 24.8. The molecule has 3 aromatic rings. The van der Waals surface area contributed by atoms with Crippen molar-refractivity contribution >= 4 is 5.97 Å². The molecule has 3 aromatic carbocycles. The van der Waals surface area contributed by atoms with E-state index in [1.54, 1.807) is 0 Å². The average molecular weight is 473 g/mol. The Morgan fingerprint density at radius 3 is 2.57 bits per heavy atom. The number of aliphatic carboxylic acids is 1. The van der Waals surface area contributed by atoms with Crippen LogP contribution in [0.15, 0.2) is 60.7 Å². The maximum absolute atomic E-state index is 11.3. The molecule has 0 saturated heterocycles. The molecular weight excluding hydrogens is 436 g/mol. The molecule has 4 nitrogen and oxygen atoms in total. The number of benzene rings is 3. The summed E-state index contributed by atoms with van der Waals surface area (Å²) in [7, 11) is 0. The van der Waals surface area contributed by atoms with Crippen LogP contribution in [0, 0.1) is 12.8 Å². The highest BCUT2D eigenvalue weighted by molar-refractivity contribution is 5.71. The number of ether oxygens (including phenoxy) is 2. The molecule has 0 heterocycles. The van der Waals surface area contributed by atoms with Crippen molar-refractivity contribution in [3.05, 3.63) is 82.9 Å². The van der Waals surface area contributed by atoms with Crippen LogP contribution in [0.3, 0.4) is 0 Å². The minimum atomic E-state index is -0.733. The summed E-state index contributed by atoms with van der Waals surface area (Å²) < 4.78 is 12.2. The Labute approximate surface area is 208 Å². The Kier molecular flexibility index (Phi) is 8.12. The topological polar surface area (TPSA) is 55.8 Å². The third-order valence-electron chi connectivity index (χ3n) is 7.03. The Balaban J connectivity index is 1.43. The van der Waals surface area contributed by atoms with Crippen LogP contribution in [0.1, 0.15) is 67.7 Å². The summed E-state index contributed by atoms with van der Waals surface area (Å²) in [6.45, 7) is 7.64. The lowest BCUT2D eigenvalue weighted by atomic mass is 9.74. The lowest BCUT2D eigenvalue weighted by molar-refractivity contribution is -0.137. The van der Waals surface area contributed by atoms with Gasteiger partial charge in [0.2, 0.25) is 0 Å². The molecule has 1 N–H and O–H groups in total. The molecule has 0 aromatic heterocycles. The van der Waals surface area contributed by atoms with Crippen LogP contribution < -0.4 is 9.47 Å². The van der Waals surface area contributed by atoms with Gasteiger partial charge in [-0.25, -0.2) is 0 Å². The van der Waals surface area contributed by atoms with Gasteiger partial charge in [0.25, 0.3) is 0 Å². The molecule has 0 spiro atoms. The highest BCUT2D eigenvalue weighted by atomic mass is 16.5. The standard InChI is InChI=1S/C31H36O4/c1-4-5-16-34-30-15-6-21(2)17-29(30)24-11-8-23(9-12-24)20-35-26-13-14-27-25(18-26)10-7-22(3)28(27)19-31(32)33/h6,8-9,11-15,17-18,22,28H,4-5,7,10,16,19-20H2,1-3H3,(H,32,33). The van der Waals surface area contributed by atoms with E-state index < -0.39 is 5.97 Å². The van der Waals surface area contributed by atoms with E-state index in [2.05, 4.69) is 75.4 Å². The van der Waals surface area contributed by atoms with Crippen LogP contribution in [0.5, 0.6) is 11.5 Å². The van der Waals surface area contributed by atoms with Crippen molar-refractivity contribution in [2.75, 3.05) is 6.61 Å². The fraction of sp³-hybridized carbons (Fsp3) is 0.387. The molecule has 35 heavy (non-hydrogen) atoms. The fourth-order valence-electron chi connectivity index (χ4n) is 4.91. The Bertz CT molecular complexity index is 1150. The van der Waals surface area contributed by atoms with Gasteiger partial charge >= 0.3 is 5.97 Å². The number of unbranched alkanes of at least 4 members (excludes halogenated alkanes) is 1. The first kappa shape index (κ1) is 24.8. The minimum absolute atomic E-state index is 0.0790. The van der Waals surface area contributed by atoms with Crippen LogP contribution >= 0.6 is 0 Å². The summed E-state index contributed by atoms with van der Waals surface area (Å²) in [4.78, 5) is 11.3. The van der Waals surface area contributed by atoms with Gasteiger partial charge in [-0.1, -0.05) is 62.2 Å². The van der Waals surface area contributed by atoms with E-state index in [1.807, 2.05) is 6.07 Å². The molecule has 0 fully saturated rings. The van der Waals surface area contributed by atoms with E-state index in [1.165, 1.54) is 11.1 Å². The molecule has 4 heteroatoms. The van der Waals surface area contributed by atoms with Crippen LogP contribution in [-0.4, -0.2) is 17.7 Å². The average Bonchev–Trinajstić information content (AvgIpc) is 2.85. The molecule has 4 rings (SSSR count). The van der Waals surface area contributed by atoms with E-state index in [0.29, 0.717) is 12.5 Å². The predicted molar refractivity (Wildman–Crippen MR) is 140 cm³/mol. The number of carboxylic acids is 1. The zero-order valence-corrected chi connectivity index (χ0v) is 21.0. The normalized spacial score (nSPS) is 17.0. The van der Waals surface area contributed by atoms with Gasteiger partial charge < -0.3 is 14.6 Å². The molecule has 0 radical (unpaired) electrons. The van der Waals surface area contributed by atoms with Crippen molar-refractivity contribution in [2.45, 2.75) is 65.4 Å². The molecule has 1 aliphatic carbocycles. The van der Waals surface area contributed by atoms with Gasteiger partial charge in [0.15, 0.2) is 0 Å². The van der Waals surface area contributed by atoms with Crippen LogP contribution in [0.2, 0.25) is 0 Å². The quantitative estimate of drug-likeness (QED) is 0.309. The maximum Gasteiger partial charge on any atom is 0.303 e. The second-order valence-corrected chi connectivity index (χ2v) is 9.77. The first-order valence-electron chi connectivity index (χ1n) is 12.7. The molecule has 0 amide bonds. The Hall–Kier alpha value is -3.27. The van der Waals surface area contributed by atoms with Crippen LogP contribution in [-0.2, 0) is 17.8 Å². The molecule has 0 bridgehead atoms. The largest absolute Gasteiger partial charge is 0.493 e. The number of hydrogen-bond donors (Lipinski definition) is 1. The van der Waals surface area contributed by atoms with Crippen molar-refractivity contribution in [3.63, 3.8) is 0 Å². The summed E-state index contributed by atoms with van der Waals surface area (Å²) in [5.74, 6) is 1.49. The first-order valence-corrected chi connectivity index (χ1v) is 12.7. The minimum Gasteiger partial charge on any atom is -0.493 e. The predicted octanol–water partition coefficient (Wildman–Crippen LogP) is 7.56. The van der Waals surface area contributed by atoms with E-state index in [9.17, 15) is 9.90 Å². The van der Waals surface area contributed by atoms with E-state index in [4.69, 9.17) is 9.47 Å². The lowest BCUT2D eigenvalue weighted by Crippen LogP contribution is -2.21. The Morgan fingerprint density at radius 2 is 1.83 bits per heavy atom. The number of aryl methyl sites for hydroxylation is 2. The zero-order valence-electron chi connectivity index (χ0n) is 21.0. The van der Waals surface area contributed by atoms with Crippen molar-refractivity contribution in [1.29, 1.82) is 0 Å². The molecular formula is C31H36O4. The highest BCUT2D eigenvalue weighted by Gasteiger charge is 2.28. The summed E-state index contributed by atoms with van der Waals surface area (Å²) in [5, 5.41) is 9.31. The van der Waals surface area contributed by atoms with E-state index in [-0.39, 0.29) is 12.3 Å². The van der Waals surface area contributed by atoms with Gasteiger partial charge in [0, 0.05) is 5.56 Å². The van der Waals surface area contributed by atoms with Crippen LogP contribution in [0.4, 0.5) is 0 Å². The third-order valence-corrected chi connectivity index (χ3v) is 7.03. The van der Waals surface area contributed by atoms with Gasteiger partial charge in [0.1, 0.15) is 18.1 Å². The highest BCUT2D eigenvalue weighted by Crippen LogP contribution is 2.39. The first-order chi connectivity index (χ1) is 16.9. The molecule has 0 aliphatic heterocycles. The molecule has 1 aliphatic rings. The van der Waals surface area contributed by atoms with Crippen molar-refractivity contribution < 1.29 is 19.4 Å². The monoisotopic (exact) mass is 472 g/mol. The molecule has 2 atom stereocenters. The fourth-order valence-corrected chi connectivity index (χ4v) is 4.91. The number of hydrogen-bond acceptors (Lipinski definition) is 3. The number of rotatable bonds is 10. The van der Waals surface area contributed by atoms with Crippen molar-refractivity contribution in [2.24, 2.45) is 5.92 Å². The summed E-state index contributed by atoms with van der Waals surface area (Å²) in [6.07, 6.45) is 4.33. The van der Waals surface area contributed by atoms with Gasteiger partial charge in [-0.3, -0.25) is 4.79 Å². The lowest BCUT2D eigenvalue weighted by Gasteiger charge is -2.30. The summed E-state index contributed by atoms with van der Waals surface area (Å²) >= 11 is 0. The third kappa shape index (κ3) is 6.25. The SMILES string of the molecule is CCCCOc1ccc(C)cc1-c1ccc(COc2ccc3c(c2)CCC(C)C3CC(=O)O)cc1. The number of fused-ring (bicyclic) bond motifs is 1. The van der Waals surface area contributed by atoms with E-state index in [0.717, 1.165) is 66.0 Å². The smallest absolute Gasteiger partial charge is 0.303 e. The number of carbonyl (C=O) groups is 1. The molecule has 2 unspecified atom stereocenters. The summed E-state index contributed by atoms with van der Waals surface area (Å²) in [6, 6.07) is 20.9. The van der Waals surface area contributed by atoms with Gasteiger partial charge in [-0.2, -0.15) is 0 Å². The van der Waals surface area contributed by atoms with Gasteiger partial charge in [-0.15, -0.1) is 0 Å². The molecule has 0 saturated carbocycles. The van der Waals surface area contributed by atoms with E-state index >= 15 is 0 Å². The summed E-state index contributed by atoms with van der Waals surface area (Å²) in [5.41, 5.74) is 6.95. The van der Waals surface area contributed by atoms with Crippen molar-refractivity contribution in [1.82, 2.24) is 0 Å². The van der Waals surface area contributed by atoms with Gasteiger partial charge in [0.05, 0.1) is 13.0 Å². The number of carboxylic acid groups (broad SMARTS) is 1. The second-order valence-electron chi connectivity index (χ2n) is 9.77. The van der Waals surface area contributed by atoms with Gasteiger partial charge in [-0.05, 0) is 84.5 Å². The maximum atomic E-state index is 11.3. The van der Waals surface area contributed by atoms with Crippen molar-refractivity contribution in [3.8, 4) is 22.6 Å². The second kappa shape index (κ2) is 11.4. The van der Waals surface area contributed by atoms with Crippen LogP contribution in [0.25, 0.3) is 11.1 Å².